The number of aromatic nitrogens is 1. The van der Waals surface area contributed by atoms with Crippen molar-refractivity contribution in [1.29, 1.82) is 0 Å². The molecule has 0 amide bonds. The summed E-state index contributed by atoms with van der Waals surface area (Å²) in [6.07, 6.45) is 1.80. The number of fused-ring (bicyclic) bond motifs is 1. The Kier molecular flexibility index (Phi) is 1.46. The molecule has 11 heavy (non-hydrogen) atoms. The summed E-state index contributed by atoms with van der Waals surface area (Å²) in [5.74, 6) is -0.216. The van der Waals surface area contributed by atoms with Crippen LogP contribution >= 0.6 is 15.9 Å². The molecule has 0 bridgehead atoms. The van der Waals surface area contributed by atoms with Crippen molar-refractivity contribution < 1.29 is 4.39 Å². The Morgan fingerprint density at radius 1 is 1.36 bits per heavy atom. The lowest BCUT2D eigenvalue weighted by Gasteiger charge is -1.89. The van der Waals surface area contributed by atoms with Crippen molar-refractivity contribution in [2.75, 3.05) is 0 Å². The molecule has 0 aliphatic carbocycles. The van der Waals surface area contributed by atoms with Crippen molar-refractivity contribution >= 4 is 26.8 Å². The van der Waals surface area contributed by atoms with Gasteiger partial charge in [0.15, 0.2) is 0 Å². The monoisotopic (exact) mass is 213 g/mol. The summed E-state index contributed by atoms with van der Waals surface area (Å²) >= 11 is 3.34. The molecule has 56 valence electrons. The zero-order valence-corrected chi connectivity index (χ0v) is 7.15. The third-order valence-corrected chi connectivity index (χ3v) is 2.25. The van der Waals surface area contributed by atoms with Crippen molar-refractivity contribution in [3.8, 4) is 0 Å². The van der Waals surface area contributed by atoms with Gasteiger partial charge in [-0.05, 0) is 34.1 Å². The van der Waals surface area contributed by atoms with Crippen molar-refractivity contribution in [1.82, 2.24) is 4.98 Å². The van der Waals surface area contributed by atoms with Crippen LogP contribution in [0.3, 0.4) is 0 Å². The molecule has 1 aromatic carbocycles. The Hall–Kier alpha value is -0.830. The number of aromatic amines is 1. The van der Waals surface area contributed by atoms with E-state index >= 15 is 0 Å². The predicted molar refractivity (Wildman–Crippen MR) is 46.0 cm³/mol. The van der Waals surface area contributed by atoms with Gasteiger partial charge in [-0.3, -0.25) is 0 Å². The minimum atomic E-state index is -0.216. The number of halogens is 2. The molecule has 0 saturated carbocycles. The van der Waals surface area contributed by atoms with Crippen LogP contribution in [0.1, 0.15) is 0 Å². The van der Waals surface area contributed by atoms with E-state index in [1.807, 2.05) is 0 Å². The third kappa shape index (κ3) is 1.05. The molecular formula is C8H5BrFN. The third-order valence-electron chi connectivity index (χ3n) is 1.59. The van der Waals surface area contributed by atoms with Crippen LogP contribution in [0.2, 0.25) is 0 Å². The first-order valence-corrected chi connectivity index (χ1v) is 3.99. The van der Waals surface area contributed by atoms with Crippen LogP contribution in [0.15, 0.2) is 28.9 Å². The van der Waals surface area contributed by atoms with Gasteiger partial charge < -0.3 is 4.98 Å². The Morgan fingerprint density at radius 2 is 2.18 bits per heavy atom. The Labute approximate surface area is 71.4 Å². The van der Waals surface area contributed by atoms with E-state index in [2.05, 4.69) is 20.9 Å². The van der Waals surface area contributed by atoms with Crippen LogP contribution in [-0.2, 0) is 0 Å². The highest BCUT2D eigenvalue weighted by Crippen LogP contribution is 2.23. The van der Waals surface area contributed by atoms with E-state index in [1.165, 1.54) is 12.1 Å². The summed E-state index contributed by atoms with van der Waals surface area (Å²) in [7, 11) is 0. The molecule has 1 nitrogen and oxygen atoms in total. The van der Waals surface area contributed by atoms with Crippen LogP contribution in [-0.4, -0.2) is 4.98 Å². The van der Waals surface area contributed by atoms with Crippen LogP contribution < -0.4 is 0 Å². The van der Waals surface area contributed by atoms with Gasteiger partial charge in [-0.1, -0.05) is 0 Å². The molecule has 0 aliphatic heterocycles. The van der Waals surface area contributed by atoms with Crippen LogP contribution in [0, 0.1) is 5.82 Å². The van der Waals surface area contributed by atoms with E-state index in [4.69, 9.17) is 0 Å². The smallest absolute Gasteiger partial charge is 0.125 e. The summed E-state index contributed by atoms with van der Waals surface area (Å²) in [6, 6.07) is 4.66. The Bertz CT molecular complexity index is 394. The van der Waals surface area contributed by atoms with Crippen molar-refractivity contribution in [3.05, 3.63) is 34.7 Å². The highest BCUT2D eigenvalue weighted by atomic mass is 79.9. The Balaban J connectivity index is 2.86. The largest absolute Gasteiger partial charge is 0.360 e. The van der Waals surface area contributed by atoms with Gasteiger partial charge in [0.25, 0.3) is 0 Å². The first-order valence-electron chi connectivity index (χ1n) is 3.19. The molecule has 0 aliphatic rings. The SMILES string of the molecule is Fc1ccc2c(Br)c[nH]c2c1. The lowest BCUT2D eigenvalue weighted by atomic mass is 10.2. The Morgan fingerprint density at radius 3 is 3.00 bits per heavy atom. The van der Waals surface area contributed by atoms with E-state index in [0.717, 1.165) is 15.4 Å². The van der Waals surface area contributed by atoms with Gasteiger partial charge in [-0.2, -0.15) is 0 Å². The molecule has 0 spiro atoms. The summed E-state index contributed by atoms with van der Waals surface area (Å²) < 4.78 is 13.6. The van der Waals surface area contributed by atoms with Gasteiger partial charge in [0.2, 0.25) is 0 Å². The molecule has 2 rings (SSSR count). The number of hydrogen-bond acceptors (Lipinski definition) is 0. The van der Waals surface area contributed by atoms with E-state index in [-0.39, 0.29) is 5.82 Å². The molecule has 1 heterocycles. The second kappa shape index (κ2) is 2.34. The first kappa shape index (κ1) is 6.85. The molecule has 3 heteroatoms. The molecule has 0 radical (unpaired) electrons. The number of H-pyrrole nitrogens is 1. The molecule has 0 fully saturated rings. The number of nitrogens with one attached hydrogen (secondary N) is 1. The topological polar surface area (TPSA) is 15.8 Å². The molecule has 2 aromatic rings. The molecular weight excluding hydrogens is 209 g/mol. The fraction of sp³-hybridized carbons (Fsp3) is 0. The van der Waals surface area contributed by atoms with Gasteiger partial charge >= 0.3 is 0 Å². The fourth-order valence-corrected chi connectivity index (χ4v) is 1.52. The summed E-state index contributed by atoms with van der Waals surface area (Å²) in [6.45, 7) is 0. The summed E-state index contributed by atoms with van der Waals surface area (Å²) in [5.41, 5.74) is 0.817. The number of hydrogen-bond donors (Lipinski definition) is 1. The second-order valence-electron chi connectivity index (χ2n) is 2.33. The van der Waals surface area contributed by atoms with E-state index in [0.29, 0.717) is 0 Å². The minimum Gasteiger partial charge on any atom is -0.360 e. The van der Waals surface area contributed by atoms with Crippen LogP contribution in [0.4, 0.5) is 4.39 Å². The van der Waals surface area contributed by atoms with Gasteiger partial charge in [-0.25, -0.2) is 4.39 Å². The van der Waals surface area contributed by atoms with Crippen LogP contribution in [0.5, 0.6) is 0 Å². The summed E-state index contributed by atoms with van der Waals surface area (Å²) in [4.78, 5) is 2.94. The fourth-order valence-electron chi connectivity index (χ4n) is 1.06. The summed E-state index contributed by atoms with van der Waals surface area (Å²) in [5, 5.41) is 1.01. The highest BCUT2D eigenvalue weighted by molar-refractivity contribution is 9.10. The number of rotatable bonds is 0. The van der Waals surface area contributed by atoms with Gasteiger partial charge in [0, 0.05) is 21.6 Å². The predicted octanol–water partition coefficient (Wildman–Crippen LogP) is 3.07. The van der Waals surface area contributed by atoms with Crippen molar-refractivity contribution in [3.63, 3.8) is 0 Å². The van der Waals surface area contributed by atoms with Crippen LogP contribution in [0.25, 0.3) is 10.9 Å². The van der Waals surface area contributed by atoms with E-state index < -0.39 is 0 Å². The maximum absolute atomic E-state index is 12.6. The van der Waals surface area contributed by atoms with Crippen molar-refractivity contribution in [2.45, 2.75) is 0 Å². The lowest BCUT2D eigenvalue weighted by molar-refractivity contribution is 0.629. The highest BCUT2D eigenvalue weighted by Gasteiger charge is 2.00. The van der Waals surface area contributed by atoms with Gasteiger partial charge in [0.1, 0.15) is 5.82 Å². The maximum atomic E-state index is 12.6. The van der Waals surface area contributed by atoms with E-state index in [9.17, 15) is 4.39 Å². The quantitative estimate of drug-likeness (QED) is 0.693. The zero-order valence-electron chi connectivity index (χ0n) is 5.57. The molecule has 1 N–H and O–H groups in total. The maximum Gasteiger partial charge on any atom is 0.125 e. The van der Waals surface area contributed by atoms with E-state index in [1.54, 1.807) is 12.3 Å². The number of benzene rings is 1. The standard InChI is InChI=1S/C8H5BrFN/c9-7-4-11-8-3-5(10)1-2-6(7)8/h1-4,11H. The van der Waals surface area contributed by atoms with Crippen molar-refractivity contribution in [2.24, 2.45) is 0 Å². The zero-order chi connectivity index (χ0) is 7.84. The van der Waals surface area contributed by atoms with Gasteiger partial charge in [0.05, 0.1) is 0 Å². The first-order chi connectivity index (χ1) is 5.27. The normalized spacial score (nSPS) is 10.7. The second-order valence-corrected chi connectivity index (χ2v) is 3.18. The average molecular weight is 214 g/mol. The molecule has 0 saturated heterocycles. The molecule has 1 aromatic heterocycles. The molecule has 0 atom stereocenters. The minimum absolute atomic E-state index is 0.216. The lowest BCUT2D eigenvalue weighted by Crippen LogP contribution is -1.71. The molecule has 0 unspecified atom stereocenters. The van der Waals surface area contributed by atoms with Gasteiger partial charge in [-0.15, -0.1) is 0 Å². The average Bonchev–Trinajstić information content (AvgIpc) is 2.32.